The van der Waals surface area contributed by atoms with Crippen LogP contribution in [-0.4, -0.2) is 115 Å². The highest BCUT2D eigenvalue weighted by Crippen LogP contribution is 2.39. The van der Waals surface area contributed by atoms with Gasteiger partial charge in [-0.05, 0) is 107 Å². The van der Waals surface area contributed by atoms with Gasteiger partial charge in [0.05, 0.1) is 18.3 Å². The number of rotatable bonds is 6. The molecule has 0 aromatic heterocycles. The fourth-order valence-electron chi connectivity index (χ4n) is 9.44. The molecule has 1 amide bonds. The second-order valence-corrected chi connectivity index (χ2v) is 17.3. The van der Waals surface area contributed by atoms with Crippen LogP contribution >= 0.6 is 0 Å². The first-order valence-corrected chi connectivity index (χ1v) is 20.8. The second kappa shape index (κ2) is 19.9. The first-order valence-electron chi connectivity index (χ1n) is 20.8. The molecule has 0 aromatic rings. The minimum Gasteiger partial charge on any atom is -0.456 e. The predicted octanol–water partition coefficient (Wildman–Crippen LogP) is 5.56. The molecule has 13 unspecified atom stereocenters. The molecule has 2 saturated heterocycles. The Hall–Kier alpha value is -2.55. The summed E-state index contributed by atoms with van der Waals surface area (Å²) in [7, 11) is 4.59. The summed E-state index contributed by atoms with van der Waals surface area (Å²) < 4.78 is 45.9. The van der Waals surface area contributed by atoms with Crippen molar-refractivity contribution in [3.8, 4) is 0 Å². The average Bonchev–Trinajstić information content (AvgIpc) is 3.18. The molecule has 0 radical (unpaired) electrons. The maximum Gasteiger partial charge on any atom is 0.329 e. The summed E-state index contributed by atoms with van der Waals surface area (Å²) in [5, 5.41) is 12.0. The lowest BCUT2D eigenvalue weighted by atomic mass is 9.78. The number of carbonyl (C=O) groups is 4. The van der Waals surface area contributed by atoms with Gasteiger partial charge >= 0.3 is 5.97 Å². The third-order valence-electron chi connectivity index (χ3n) is 13.0. The number of nitrogens with zero attached hydrogens (tertiary/aromatic N) is 1. The number of amides is 1. The smallest absolute Gasteiger partial charge is 0.329 e. The van der Waals surface area contributed by atoms with E-state index in [2.05, 4.69) is 0 Å². The molecule has 3 N–H and O–H groups in total. The molecule has 1 saturated carbocycles. The van der Waals surface area contributed by atoms with Gasteiger partial charge in [-0.1, -0.05) is 39.8 Å². The van der Waals surface area contributed by atoms with Gasteiger partial charge in [0.1, 0.15) is 30.2 Å². The molecular formula is C43H69FN2O10. The standard InChI is InChI=1S/C43H69FN2O10/c1-10-30-20-26(3)36(44)27(4)21-34(53-8)38-35(54-9)22-29(6)43(51,56-38)39(48)40(49)46-19-12-11-15-32(46)41(50)55-37(25(2)16-17-33(30)47)28(5)23-42(45)18-13-14-31(24-42)52-7/h20,23,25,27,29-32,34-38,51H,10-19,21-22,24,45H2,1-9H3. The number of methoxy groups -OCH3 is 3. The Kier molecular flexibility index (Phi) is 16.4. The van der Waals surface area contributed by atoms with E-state index < -0.39 is 83.4 Å². The van der Waals surface area contributed by atoms with Crippen LogP contribution < -0.4 is 5.73 Å². The summed E-state index contributed by atoms with van der Waals surface area (Å²) in [6.07, 6.45) is 4.80. The molecule has 0 aromatic carbocycles. The Morgan fingerprint density at radius 2 is 1.68 bits per heavy atom. The second-order valence-electron chi connectivity index (χ2n) is 17.3. The van der Waals surface area contributed by atoms with Crippen molar-refractivity contribution < 1.29 is 52.4 Å². The Morgan fingerprint density at radius 3 is 2.32 bits per heavy atom. The van der Waals surface area contributed by atoms with Crippen LogP contribution in [0.2, 0.25) is 0 Å². The van der Waals surface area contributed by atoms with Gasteiger partial charge in [-0.3, -0.25) is 14.4 Å². The number of allylic oxidation sites excluding steroid dienone is 2. The number of halogens is 1. The van der Waals surface area contributed by atoms with E-state index >= 15 is 4.39 Å². The van der Waals surface area contributed by atoms with Crippen molar-refractivity contribution in [2.45, 2.75) is 173 Å². The lowest BCUT2D eigenvalue weighted by Crippen LogP contribution is -2.64. The van der Waals surface area contributed by atoms with Crippen LogP contribution in [0.3, 0.4) is 0 Å². The largest absolute Gasteiger partial charge is 0.456 e. The number of piperidine rings is 1. The van der Waals surface area contributed by atoms with E-state index in [9.17, 15) is 24.3 Å². The van der Waals surface area contributed by atoms with Crippen molar-refractivity contribution in [1.82, 2.24) is 4.90 Å². The number of fused-ring (bicyclic) bond motifs is 3. The highest BCUT2D eigenvalue weighted by Gasteiger charge is 2.56. The van der Waals surface area contributed by atoms with Crippen LogP contribution in [0.5, 0.6) is 0 Å². The number of ether oxygens (including phenoxy) is 5. The molecule has 0 spiro atoms. The molecule has 3 fully saturated rings. The maximum atomic E-state index is 16.2. The van der Waals surface area contributed by atoms with E-state index in [1.165, 1.54) is 19.1 Å². The van der Waals surface area contributed by atoms with E-state index in [4.69, 9.17) is 29.4 Å². The van der Waals surface area contributed by atoms with Crippen LogP contribution in [0.25, 0.3) is 0 Å². The van der Waals surface area contributed by atoms with Gasteiger partial charge in [-0.2, -0.15) is 0 Å². The molecule has 3 heterocycles. The lowest BCUT2D eigenvalue weighted by molar-refractivity contribution is -0.302. The van der Waals surface area contributed by atoms with E-state index in [-0.39, 0.29) is 50.0 Å². The molecule has 3 aliphatic heterocycles. The normalized spacial score (nSPS) is 40.6. The zero-order valence-corrected chi connectivity index (χ0v) is 35.2. The predicted molar refractivity (Wildman–Crippen MR) is 209 cm³/mol. The van der Waals surface area contributed by atoms with Crippen molar-refractivity contribution in [1.29, 1.82) is 0 Å². The zero-order chi connectivity index (χ0) is 41.5. The van der Waals surface area contributed by atoms with Crippen LogP contribution in [0.4, 0.5) is 4.39 Å². The van der Waals surface area contributed by atoms with Gasteiger partial charge in [-0.25, -0.2) is 9.18 Å². The number of cyclic esters (lactones) is 1. The summed E-state index contributed by atoms with van der Waals surface area (Å²) in [6.45, 7) is 10.8. The van der Waals surface area contributed by atoms with Crippen LogP contribution in [0.1, 0.15) is 119 Å². The Labute approximate surface area is 333 Å². The SMILES string of the molecule is CCC1C=C(C)C(F)C(C)CC(OC)C2OC(O)(C(=O)C(=O)N3CCCCC3C(=O)OC(C(C)=CC3(N)CCCC(OC)C3)C(C)CCC1=O)C(C)CC2OC. The number of nitrogens with two attached hydrogens (primary N) is 1. The summed E-state index contributed by atoms with van der Waals surface area (Å²) in [5.74, 6) is -7.83. The number of hydrogen-bond acceptors (Lipinski definition) is 11. The van der Waals surface area contributed by atoms with Gasteiger partial charge in [0, 0.05) is 51.7 Å². The fraction of sp³-hybridized carbons (Fsp3) is 0.814. The van der Waals surface area contributed by atoms with Crippen LogP contribution in [-0.2, 0) is 42.9 Å². The van der Waals surface area contributed by atoms with Crippen molar-refractivity contribution >= 4 is 23.4 Å². The van der Waals surface area contributed by atoms with Crippen LogP contribution in [0.15, 0.2) is 23.3 Å². The first-order chi connectivity index (χ1) is 26.4. The van der Waals surface area contributed by atoms with E-state index in [0.29, 0.717) is 37.7 Å². The molecule has 1 aliphatic carbocycles. The number of hydrogen-bond donors (Lipinski definition) is 2. The fourth-order valence-corrected chi connectivity index (χ4v) is 9.44. The van der Waals surface area contributed by atoms with E-state index in [1.807, 2.05) is 26.8 Å². The number of esters is 1. The number of aliphatic hydroxyl groups is 1. The minimum atomic E-state index is -2.56. The first kappa shape index (κ1) is 46.1. The zero-order valence-electron chi connectivity index (χ0n) is 35.2. The van der Waals surface area contributed by atoms with Crippen molar-refractivity contribution in [3.63, 3.8) is 0 Å². The number of alkyl halides is 1. The number of Topliss-reactive ketones (excluding diaryl/α,β-unsaturated/α-hetero) is 2. The summed E-state index contributed by atoms with van der Waals surface area (Å²) in [4.78, 5) is 57.6. The summed E-state index contributed by atoms with van der Waals surface area (Å²) in [6, 6.07) is -1.09. The molecule has 13 atom stereocenters. The monoisotopic (exact) mass is 792 g/mol. The third kappa shape index (κ3) is 10.5. The quantitative estimate of drug-likeness (QED) is 0.197. The van der Waals surface area contributed by atoms with Gasteiger partial charge in [-0.15, -0.1) is 0 Å². The molecule has 318 valence electrons. The average molecular weight is 793 g/mol. The number of ketones is 2. The van der Waals surface area contributed by atoms with Gasteiger partial charge in [0.2, 0.25) is 5.79 Å². The van der Waals surface area contributed by atoms with Crippen molar-refractivity contribution in [2.75, 3.05) is 27.9 Å². The highest BCUT2D eigenvalue weighted by atomic mass is 19.1. The topological polar surface area (TPSA) is 164 Å². The highest BCUT2D eigenvalue weighted by molar-refractivity contribution is 6.39. The molecule has 2 bridgehead atoms. The van der Waals surface area contributed by atoms with Crippen molar-refractivity contribution in [2.24, 2.45) is 29.4 Å². The summed E-state index contributed by atoms with van der Waals surface area (Å²) in [5.41, 5.74) is 7.36. The van der Waals surface area contributed by atoms with E-state index in [0.717, 1.165) is 24.8 Å². The summed E-state index contributed by atoms with van der Waals surface area (Å²) >= 11 is 0. The lowest BCUT2D eigenvalue weighted by Gasteiger charge is -2.47. The molecular weight excluding hydrogens is 723 g/mol. The molecule has 4 aliphatic rings. The molecule has 12 nitrogen and oxygen atoms in total. The number of carbonyl (C=O) groups excluding carboxylic acids is 4. The van der Waals surface area contributed by atoms with Gasteiger partial charge < -0.3 is 39.4 Å². The third-order valence-corrected chi connectivity index (χ3v) is 13.0. The molecule has 4 rings (SSSR count). The maximum absolute atomic E-state index is 16.2. The van der Waals surface area contributed by atoms with Gasteiger partial charge in [0.15, 0.2) is 0 Å². The van der Waals surface area contributed by atoms with Gasteiger partial charge in [0.25, 0.3) is 11.7 Å². The van der Waals surface area contributed by atoms with Crippen LogP contribution in [0, 0.1) is 23.7 Å². The molecule has 56 heavy (non-hydrogen) atoms. The Morgan fingerprint density at radius 1 is 1.00 bits per heavy atom. The van der Waals surface area contributed by atoms with Crippen molar-refractivity contribution in [3.05, 3.63) is 23.3 Å². The Bertz CT molecular complexity index is 1450. The Balaban J connectivity index is 1.78. The molecule has 13 heteroatoms. The minimum absolute atomic E-state index is 0.00560. The van der Waals surface area contributed by atoms with E-state index in [1.54, 1.807) is 34.0 Å².